The Balaban J connectivity index is 1.26. The van der Waals surface area contributed by atoms with Gasteiger partial charge < -0.3 is 15.2 Å². The third-order valence-corrected chi connectivity index (χ3v) is 6.20. The van der Waals surface area contributed by atoms with Gasteiger partial charge in [0.25, 0.3) is 11.8 Å². The fourth-order valence-corrected chi connectivity index (χ4v) is 4.40. The van der Waals surface area contributed by atoms with Crippen molar-refractivity contribution in [2.45, 2.75) is 12.5 Å². The number of anilines is 1. The summed E-state index contributed by atoms with van der Waals surface area (Å²) in [4.78, 5) is 22.6. The van der Waals surface area contributed by atoms with Crippen molar-refractivity contribution >= 4 is 22.6 Å². The van der Waals surface area contributed by atoms with E-state index in [1.54, 1.807) is 46.0 Å². The van der Waals surface area contributed by atoms with Crippen LogP contribution in [0.15, 0.2) is 65.3 Å². The number of amides is 1. The summed E-state index contributed by atoms with van der Waals surface area (Å²) in [5.74, 6) is -0.597. The highest BCUT2D eigenvalue weighted by Gasteiger charge is 2.36. The Morgan fingerprint density at radius 3 is 2.69 bits per heavy atom. The average Bonchev–Trinajstić information content (AvgIpc) is 3.44. The van der Waals surface area contributed by atoms with Crippen molar-refractivity contribution in [3.63, 3.8) is 0 Å². The standard InChI is InChI=1S/C25H19F2N7O2/c26-17-5-2-1-4-16(17)24-30-21(32-36-24)13-34-19-7-3-6-18(27)22(19)23(31-34)15-11-33(12-15)25(35)14-8-9-29-20(28)10-14/h1-10,15H,11-13H2,(H2,28,29). The van der Waals surface area contributed by atoms with Gasteiger partial charge in [-0.15, -0.1) is 0 Å². The summed E-state index contributed by atoms with van der Waals surface area (Å²) in [6.45, 7) is 0.881. The zero-order valence-electron chi connectivity index (χ0n) is 18.8. The molecule has 2 N–H and O–H groups in total. The monoisotopic (exact) mass is 487 g/mol. The number of hydrogen-bond acceptors (Lipinski definition) is 7. The molecule has 1 aliphatic rings. The van der Waals surface area contributed by atoms with Crippen molar-refractivity contribution in [3.05, 3.63) is 89.5 Å². The predicted molar refractivity (Wildman–Crippen MR) is 126 cm³/mol. The van der Waals surface area contributed by atoms with E-state index in [9.17, 15) is 13.6 Å². The van der Waals surface area contributed by atoms with E-state index in [0.29, 0.717) is 35.2 Å². The van der Waals surface area contributed by atoms with Crippen LogP contribution in [0.3, 0.4) is 0 Å². The number of nitrogens with zero attached hydrogens (tertiary/aromatic N) is 6. The van der Waals surface area contributed by atoms with E-state index in [0.717, 1.165) is 0 Å². The number of hydrogen-bond donors (Lipinski definition) is 1. The molecule has 2 aromatic carbocycles. The van der Waals surface area contributed by atoms with Gasteiger partial charge in [-0.25, -0.2) is 13.8 Å². The topological polar surface area (TPSA) is 116 Å². The van der Waals surface area contributed by atoms with E-state index >= 15 is 0 Å². The highest BCUT2D eigenvalue weighted by molar-refractivity contribution is 5.95. The summed E-state index contributed by atoms with van der Waals surface area (Å²) in [6, 6.07) is 14.0. The van der Waals surface area contributed by atoms with Crippen LogP contribution in [0.25, 0.3) is 22.4 Å². The molecule has 0 saturated carbocycles. The molecule has 1 fully saturated rings. The molecule has 0 atom stereocenters. The quantitative estimate of drug-likeness (QED) is 0.402. The summed E-state index contributed by atoms with van der Waals surface area (Å²) in [7, 11) is 0. The summed E-state index contributed by atoms with van der Waals surface area (Å²) >= 11 is 0. The second-order valence-electron chi connectivity index (χ2n) is 8.55. The number of carbonyl (C=O) groups is 1. The molecule has 0 bridgehead atoms. The Bertz CT molecular complexity index is 1610. The molecule has 36 heavy (non-hydrogen) atoms. The fourth-order valence-electron chi connectivity index (χ4n) is 4.40. The maximum atomic E-state index is 14.9. The van der Waals surface area contributed by atoms with E-state index in [1.165, 1.54) is 24.4 Å². The van der Waals surface area contributed by atoms with Gasteiger partial charge in [-0.3, -0.25) is 9.48 Å². The van der Waals surface area contributed by atoms with Gasteiger partial charge in [0.2, 0.25) is 0 Å². The number of aromatic nitrogens is 5. The molecule has 1 saturated heterocycles. The lowest BCUT2D eigenvalue weighted by atomic mass is 9.93. The predicted octanol–water partition coefficient (Wildman–Crippen LogP) is 3.63. The van der Waals surface area contributed by atoms with Gasteiger partial charge in [-0.2, -0.15) is 10.1 Å². The minimum atomic E-state index is -0.472. The maximum Gasteiger partial charge on any atom is 0.260 e. The molecule has 11 heteroatoms. The molecule has 0 unspecified atom stereocenters. The lowest BCUT2D eigenvalue weighted by Crippen LogP contribution is -2.48. The summed E-state index contributed by atoms with van der Waals surface area (Å²) in [5, 5.41) is 9.00. The van der Waals surface area contributed by atoms with Crippen molar-refractivity contribution in [2.24, 2.45) is 0 Å². The zero-order valence-corrected chi connectivity index (χ0v) is 18.8. The Morgan fingerprint density at radius 1 is 1.08 bits per heavy atom. The number of nitrogen functional groups attached to an aromatic ring is 1. The summed E-state index contributed by atoms with van der Waals surface area (Å²) in [5.41, 5.74) is 7.46. The first kappa shape index (κ1) is 21.8. The highest BCUT2D eigenvalue weighted by atomic mass is 19.1. The van der Waals surface area contributed by atoms with Gasteiger partial charge in [0.05, 0.1) is 22.2 Å². The van der Waals surface area contributed by atoms with E-state index in [4.69, 9.17) is 10.3 Å². The number of likely N-dealkylation sites (tertiary alicyclic amines) is 1. The van der Waals surface area contributed by atoms with Crippen LogP contribution in [0.4, 0.5) is 14.6 Å². The van der Waals surface area contributed by atoms with Crippen molar-refractivity contribution < 1.29 is 18.1 Å². The first-order valence-corrected chi connectivity index (χ1v) is 11.2. The van der Waals surface area contributed by atoms with E-state index in [2.05, 4.69) is 20.2 Å². The van der Waals surface area contributed by atoms with E-state index < -0.39 is 11.6 Å². The molecule has 0 aliphatic carbocycles. The highest BCUT2D eigenvalue weighted by Crippen LogP contribution is 2.34. The van der Waals surface area contributed by atoms with Crippen LogP contribution < -0.4 is 5.73 Å². The largest absolute Gasteiger partial charge is 0.384 e. The average molecular weight is 487 g/mol. The number of nitrogens with two attached hydrogens (primary N) is 1. The smallest absolute Gasteiger partial charge is 0.260 e. The molecule has 3 aromatic heterocycles. The fraction of sp³-hybridized carbons (Fsp3) is 0.160. The third-order valence-electron chi connectivity index (χ3n) is 6.20. The third kappa shape index (κ3) is 3.74. The van der Waals surface area contributed by atoms with Crippen LogP contribution in [0, 0.1) is 11.6 Å². The first-order valence-electron chi connectivity index (χ1n) is 11.2. The molecule has 9 nitrogen and oxygen atoms in total. The molecule has 180 valence electrons. The number of carbonyl (C=O) groups excluding carboxylic acids is 1. The lowest BCUT2D eigenvalue weighted by molar-refractivity contribution is 0.0599. The minimum absolute atomic E-state index is 0.0517. The van der Waals surface area contributed by atoms with Crippen molar-refractivity contribution in [2.75, 3.05) is 18.8 Å². The van der Waals surface area contributed by atoms with Gasteiger partial charge >= 0.3 is 0 Å². The molecular formula is C25H19F2N7O2. The van der Waals surface area contributed by atoms with Crippen LogP contribution in [0.1, 0.15) is 27.8 Å². The second-order valence-corrected chi connectivity index (χ2v) is 8.55. The molecule has 1 aliphatic heterocycles. The number of benzene rings is 2. The Morgan fingerprint density at radius 2 is 1.89 bits per heavy atom. The van der Waals surface area contributed by atoms with Gasteiger partial charge in [-0.1, -0.05) is 23.4 Å². The first-order chi connectivity index (χ1) is 17.5. The van der Waals surface area contributed by atoms with Crippen LogP contribution >= 0.6 is 0 Å². The summed E-state index contributed by atoms with van der Waals surface area (Å²) < 4.78 is 35.8. The van der Waals surface area contributed by atoms with Gasteiger partial charge in [-0.05, 0) is 36.4 Å². The second kappa shape index (κ2) is 8.52. The van der Waals surface area contributed by atoms with Crippen molar-refractivity contribution in [1.82, 2.24) is 29.8 Å². The SMILES string of the molecule is Nc1cc(C(=O)N2CC(c3nn(Cc4noc(-c5ccccc5F)n4)c4cccc(F)c34)C2)ccn1. The van der Waals surface area contributed by atoms with Crippen LogP contribution in [-0.2, 0) is 6.54 Å². The Kier molecular flexibility index (Phi) is 5.17. The number of fused-ring (bicyclic) bond motifs is 1. The number of pyridine rings is 1. The molecule has 1 amide bonds. The van der Waals surface area contributed by atoms with Gasteiger partial charge in [0, 0.05) is 30.8 Å². The number of rotatable bonds is 5. The van der Waals surface area contributed by atoms with Gasteiger partial charge in [0.15, 0.2) is 5.82 Å². The van der Waals surface area contributed by atoms with Crippen LogP contribution in [0.5, 0.6) is 0 Å². The normalized spacial score (nSPS) is 13.8. The Hall–Kier alpha value is -4.67. The number of halogens is 2. The molecule has 4 heterocycles. The lowest BCUT2D eigenvalue weighted by Gasteiger charge is -2.38. The summed E-state index contributed by atoms with van der Waals surface area (Å²) in [6.07, 6.45) is 1.49. The van der Waals surface area contributed by atoms with Crippen molar-refractivity contribution in [3.8, 4) is 11.5 Å². The maximum absolute atomic E-state index is 14.9. The zero-order chi connectivity index (χ0) is 24.8. The van der Waals surface area contributed by atoms with Crippen LogP contribution in [-0.4, -0.2) is 48.8 Å². The molecular weight excluding hydrogens is 468 g/mol. The molecule has 5 aromatic rings. The van der Waals surface area contributed by atoms with Crippen molar-refractivity contribution in [1.29, 1.82) is 0 Å². The molecule has 6 rings (SSSR count). The van der Waals surface area contributed by atoms with E-state index in [1.807, 2.05) is 0 Å². The van der Waals surface area contributed by atoms with Gasteiger partial charge in [0.1, 0.15) is 24.0 Å². The minimum Gasteiger partial charge on any atom is -0.384 e. The Labute approximate surface area is 203 Å². The molecule has 0 radical (unpaired) electrons. The molecule has 0 spiro atoms. The van der Waals surface area contributed by atoms with Crippen LogP contribution in [0.2, 0.25) is 0 Å². The van der Waals surface area contributed by atoms with E-state index in [-0.39, 0.29) is 41.5 Å².